The molecular formula is C58H36O2. The molecule has 0 bridgehead atoms. The first-order valence-electron chi connectivity index (χ1n) is 20.8. The van der Waals surface area contributed by atoms with E-state index in [0.29, 0.717) is 0 Å². The van der Waals surface area contributed by atoms with E-state index < -0.39 is 0 Å². The fourth-order valence-corrected chi connectivity index (χ4v) is 10.3. The predicted octanol–water partition coefficient (Wildman–Crippen LogP) is 15.8. The summed E-state index contributed by atoms with van der Waals surface area (Å²) >= 11 is 0. The third-order valence-corrected chi connectivity index (χ3v) is 12.9. The SMILES string of the molecule is C1=CC2Oc3c(cc4ccccc4c3-c3cccc(-c4c5ccccc5c(-c5cccc(-c6c7ccccc7cc7c6oc6ccccc67)c5)c5ccccc45)c3)C2C=C1. The van der Waals surface area contributed by atoms with Gasteiger partial charge in [-0.3, -0.25) is 0 Å². The molecule has 2 aliphatic rings. The van der Waals surface area contributed by atoms with Crippen LogP contribution in [0.5, 0.6) is 5.75 Å². The van der Waals surface area contributed by atoms with Crippen LogP contribution in [0.2, 0.25) is 0 Å². The van der Waals surface area contributed by atoms with Crippen LogP contribution < -0.4 is 4.74 Å². The highest BCUT2D eigenvalue weighted by atomic mass is 16.5. The van der Waals surface area contributed by atoms with E-state index in [1.54, 1.807) is 0 Å². The summed E-state index contributed by atoms with van der Waals surface area (Å²) < 4.78 is 13.5. The maximum atomic E-state index is 6.82. The number of rotatable bonds is 4. The molecule has 2 atom stereocenters. The minimum Gasteiger partial charge on any atom is -0.484 e. The third kappa shape index (κ3) is 4.88. The van der Waals surface area contributed by atoms with Crippen LogP contribution in [-0.2, 0) is 0 Å². The molecule has 60 heavy (non-hydrogen) atoms. The molecule has 13 rings (SSSR count). The summed E-state index contributed by atoms with van der Waals surface area (Å²) in [5, 5.41) is 12.0. The highest BCUT2D eigenvalue weighted by molar-refractivity contribution is 6.23. The minimum absolute atomic E-state index is 0.00744. The van der Waals surface area contributed by atoms with Crippen molar-refractivity contribution in [2.45, 2.75) is 12.0 Å². The Morgan fingerprint density at radius 3 is 1.47 bits per heavy atom. The average molecular weight is 765 g/mol. The van der Waals surface area contributed by atoms with Crippen molar-refractivity contribution in [1.29, 1.82) is 0 Å². The number of furan rings is 1. The zero-order valence-corrected chi connectivity index (χ0v) is 32.6. The van der Waals surface area contributed by atoms with Gasteiger partial charge in [0, 0.05) is 33.4 Å². The van der Waals surface area contributed by atoms with Crippen molar-refractivity contribution in [2.24, 2.45) is 0 Å². The van der Waals surface area contributed by atoms with Crippen LogP contribution in [0.1, 0.15) is 11.5 Å². The summed E-state index contributed by atoms with van der Waals surface area (Å²) in [5.41, 5.74) is 12.5. The zero-order valence-electron chi connectivity index (χ0n) is 32.6. The molecule has 0 radical (unpaired) electrons. The summed E-state index contributed by atoms with van der Waals surface area (Å²) in [6.07, 6.45) is 8.73. The average Bonchev–Trinajstić information content (AvgIpc) is 3.87. The summed E-state index contributed by atoms with van der Waals surface area (Å²) in [5.74, 6) is 1.20. The normalized spacial score (nSPS) is 15.7. The summed E-state index contributed by atoms with van der Waals surface area (Å²) in [6.45, 7) is 0. The third-order valence-electron chi connectivity index (χ3n) is 12.9. The first-order chi connectivity index (χ1) is 29.8. The topological polar surface area (TPSA) is 22.4 Å². The highest BCUT2D eigenvalue weighted by Gasteiger charge is 2.35. The van der Waals surface area contributed by atoms with E-state index in [2.05, 4.69) is 200 Å². The number of ether oxygens (including phenoxy) is 1. The Morgan fingerprint density at radius 2 is 0.833 bits per heavy atom. The molecule has 2 nitrogen and oxygen atoms in total. The van der Waals surface area contributed by atoms with Crippen molar-refractivity contribution in [2.75, 3.05) is 0 Å². The minimum atomic E-state index is 0.00744. The van der Waals surface area contributed by atoms with Gasteiger partial charge >= 0.3 is 0 Å². The Bertz CT molecular complexity index is 3600. The molecule has 0 spiro atoms. The van der Waals surface area contributed by atoms with Crippen molar-refractivity contribution < 1.29 is 9.15 Å². The van der Waals surface area contributed by atoms with Gasteiger partial charge in [-0.15, -0.1) is 0 Å². The van der Waals surface area contributed by atoms with Crippen molar-refractivity contribution in [3.05, 3.63) is 212 Å². The fraction of sp³-hybridized carbons (Fsp3) is 0.0345. The Morgan fingerprint density at radius 1 is 0.350 bits per heavy atom. The lowest BCUT2D eigenvalue weighted by Gasteiger charge is -2.19. The number of para-hydroxylation sites is 1. The van der Waals surface area contributed by atoms with E-state index in [9.17, 15) is 0 Å². The number of allylic oxidation sites excluding steroid dienone is 2. The molecule has 11 aromatic rings. The van der Waals surface area contributed by atoms with Gasteiger partial charge in [-0.05, 0) is 113 Å². The van der Waals surface area contributed by atoms with E-state index >= 15 is 0 Å². The predicted molar refractivity (Wildman–Crippen MR) is 251 cm³/mol. The van der Waals surface area contributed by atoms with Crippen LogP contribution in [-0.4, -0.2) is 6.10 Å². The van der Waals surface area contributed by atoms with E-state index in [4.69, 9.17) is 9.15 Å². The van der Waals surface area contributed by atoms with Gasteiger partial charge in [0.25, 0.3) is 0 Å². The molecule has 280 valence electrons. The van der Waals surface area contributed by atoms with Crippen LogP contribution in [0.15, 0.2) is 211 Å². The molecule has 2 heterocycles. The van der Waals surface area contributed by atoms with Crippen LogP contribution in [0, 0.1) is 0 Å². The number of benzene rings is 10. The first kappa shape index (κ1) is 33.3. The second-order valence-electron chi connectivity index (χ2n) is 16.2. The Labute approximate surface area is 346 Å². The summed E-state index contributed by atoms with van der Waals surface area (Å²) in [7, 11) is 0. The lowest BCUT2D eigenvalue weighted by Crippen LogP contribution is -2.15. The van der Waals surface area contributed by atoms with Gasteiger partial charge in [-0.1, -0.05) is 170 Å². The first-order valence-corrected chi connectivity index (χ1v) is 20.8. The maximum Gasteiger partial charge on any atom is 0.143 e. The van der Waals surface area contributed by atoms with Gasteiger partial charge in [-0.25, -0.2) is 0 Å². The van der Waals surface area contributed by atoms with Crippen LogP contribution >= 0.6 is 0 Å². The number of hydrogen-bond donors (Lipinski definition) is 0. The largest absolute Gasteiger partial charge is 0.484 e. The molecule has 0 N–H and O–H groups in total. The van der Waals surface area contributed by atoms with E-state index in [1.807, 2.05) is 6.07 Å². The summed E-state index contributed by atoms with van der Waals surface area (Å²) in [6, 6.07) is 66.4. The Hall–Kier alpha value is -7.68. The molecule has 0 saturated heterocycles. The maximum absolute atomic E-state index is 6.82. The second-order valence-corrected chi connectivity index (χ2v) is 16.2. The van der Waals surface area contributed by atoms with Gasteiger partial charge in [0.05, 0.1) is 0 Å². The van der Waals surface area contributed by atoms with Gasteiger partial charge in [-0.2, -0.15) is 0 Å². The lowest BCUT2D eigenvalue weighted by atomic mass is 9.84. The molecule has 2 heteroatoms. The van der Waals surface area contributed by atoms with Crippen molar-refractivity contribution in [1.82, 2.24) is 0 Å². The molecule has 0 fully saturated rings. The van der Waals surface area contributed by atoms with Crippen molar-refractivity contribution in [3.63, 3.8) is 0 Å². The molecule has 1 aliphatic carbocycles. The lowest BCUT2D eigenvalue weighted by molar-refractivity contribution is 0.270. The molecule has 1 aromatic heterocycles. The number of hydrogen-bond acceptors (Lipinski definition) is 2. The molecule has 0 saturated carbocycles. The smallest absolute Gasteiger partial charge is 0.143 e. The zero-order chi connectivity index (χ0) is 39.3. The Balaban J connectivity index is 1.03. The second kappa shape index (κ2) is 12.9. The van der Waals surface area contributed by atoms with Crippen LogP contribution in [0.3, 0.4) is 0 Å². The monoisotopic (exact) mass is 764 g/mol. The van der Waals surface area contributed by atoms with Gasteiger partial charge in [0.15, 0.2) is 0 Å². The van der Waals surface area contributed by atoms with Crippen molar-refractivity contribution in [3.8, 4) is 50.3 Å². The molecule has 10 aromatic carbocycles. The van der Waals surface area contributed by atoms with Crippen LogP contribution in [0.25, 0.3) is 110 Å². The molecule has 1 aliphatic heterocycles. The van der Waals surface area contributed by atoms with E-state index in [1.165, 1.54) is 70.9 Å². The highest BCUT2D eigenvalue weighted by Crippen LogP contribution is 2.52. The van der Waals surface area contributed by atoms with Gasteiger partial charge < -0.3 is 9.15 Å². The summed E-state index contributed by atoms with van der Waals surface area (Å²) in [4.78, 5) is 0. The van der Waals surface area contributed by atoms with Gasteiger partial charge in [0.1, 0.15) is 23.0 Å². The van der Waals surface area contributed by atoms with Crippen LogP contribution in [0.4, 0.5) is 0 Å². The molecular weight excluding hydrogens is 729 g/mol. The van der Waals surface area contributed by atoms with Crippen molar-refractivity contribution >= 4 is 65.0 Å². The van der Waals surface area contributed by atoms with E-state index in [0.717, 1.165) is 49.9 Å². The number of fused-ring (bicyclic) bond motifs is 10. The standard InChI is InChI=1S/C58H36O2/c1-3-21-41-35(15-1)33-49-43-23-9-11-29-51(43)59-57(49)55(41)39-19-13-17-37(31-39)53-45-25-5-7-27-47(45)54(48-28-8-6-26-46(48)53)38-18-14-20-40(32-38)56-42-22-4-2-16-36(42)34-50-44-24-10-12-30-52(44)60-58(50)56/h1-34,43,51H. The van der Waals surface area contributed by atoms with Gasteiger partial charge in [0.2, 0.25) is 0 Å². The molecule has 2 unspecified atom stereocenters. The Kier molecular flexibility index (Phi) is 7.17. The van der Waals surface area contributed by atoms with E-state index in [-0.39, 0.29) is 12.0 Å². The quantitative estimate of drug-likeness (QED) is 0.167. The molecule has 0 amide bonds. The fourth-order valence-electron chi connectivity index (χ4n) is 10.3.